The predicted octanol–water partition coefficient (Wildman–Crippen LogP) is 1.15. The lowest BCUT2D eigenvalue weighted by atomic mass is 10.2. The third kappa shape index (κ3) is 5.02. The smallest absolute Gasteiger partial charge is 0.243 e. The topological polar surface area (TPSA) is 105 Å². The molecule has 0 radical (unpaired) electrons. The van der Waals surface area contributed by atoms with Crippen molar-refractivity contribution in [3.63, 3.8) is 0 Å². The van der Waals surface area contributed by atoms with E-state index in [1.54, 1.807) is 37.3 Å². The summed E-state index contributed by atoms with van der Waals surface area (Å²) in [6, 6.07) is 7.64. The van der Waals surface area contributed by atoms with Gasteiger partial charge in [-0.25, -0.2) is 8.42 Å². The number of sulfonamides is 1. The summed E-state index contributed by atoms with van der Waals surface area (Å²) in [6.45, 7) is 3.74. The van der Waals surface area contributed by atoms with E-state index < -0.39 is 22.0 Å². The molecular formula is C16H22N4O4S. The van der Waals surface area contributed by atoms with Crippen LogP contribution in [0.4, 0.5) is 5.69 Å². The Hall–Kier alpha value is -2.42. The zero-order valence-electron chi connectivity index (χ0n) is 14.5. The van der Waals surface area contributed by atoms with Crippen LogP contribution in [0.15, 0.2) is 34.9 Å². The number of aromatic nitrogens is 2. The van der Waals surface area contributed by atoms with E-state index in [2.05, 4.69) is 15.5 Å². The van der Waals surface area contributed by atoms with E-state index in [-0.39, 0.29) is 6.54 Å². The standard InChI is InChI=1S/C16H22N4O4S/c1-4-14-18-15(24-19-14)10-11-17-16(21)12(2)20(25(3,22)23)13-8-6-5-7-9-13/h5-9,12H,4,10-11H2,1-3H3,(H,17,21)/t12-/m1/s1. The van der Waals surface area contributed by atoms with E-state index >= 15 is 0 Å². The van der Waals surface area contributed by atoms with Crippen molar-refractivity contribution in [2.24, 2.45) is 0 Å². The van der Waals surface area contributed by atoms with Crippen LogP contribution < -0.4 is 9.62 Å². The molecule has 0 aliphatic rings. The SMILES string of the molecule is CCc1noc(CCNC(=O)[C@@H](C)N(c2ccccc2)S(C)(=O)=O)n1. The summed E-state index contributed by atoms with van der Waals surface area (Å²) in [7, 11) is -3.61. The zero-order chi connectivity index (χ0) is 18.4. The van der Waals surface area contributed by atoms with Gasteiger partial charge in [-0.15, -0.1) is 0 Å². The Morgan fingerprint density at radius 2 is 2.00 bits per heavy atom. The number of nitrogens with one attached hydrogen (secondary N) is 1. The maximum Gasteiger partial charge on any atom is 0.243 e. The van der Waals surface area contributed by atoms with Gasteiger partial charge in [-0.2, -0.15) is 4.98 Å². The molecule has 0 bridgehead atoms. The highest BCUT2D eigenvalue weighted by molar-refractivity contribution is 7.92. The van der Waals surface area contributed by atoms with Crippen LogP contribution in [0.2, 0.25) is 0 Å². The second kappa shape index (κ2) is 8.11. The molecule has 9 heteroatoms. The van der Waals surface area contributed by atoms with E-state index in [1.807, 2.05) is 6.92 Å². The number of benzene rings is 1. The lowest BCUT2D eigenvalue weighted by Crippen LogP contribution is -2.48. The molecule has 136 valence electrons. The van der Waals surface area contributed by atoms with E-state index in [4.69, 9.17) is 4.52 Å². The lowest BCUT2D eigenvalue weighted by Gasteiger charge is -2.28. The van der Waals surface area contributed by atoms with E-state index in [0.717, 1.165) is 10.6 Å². The van der Waals surface area contributed by atoms with Crippen molar-refractivity contribution in [3.8, 4) is 0 Å². The van der Waals surface area contributed by atoms with Crippen LogP contribution in [0.25, 0.3) is 0 Å². The van der Waals surface area contributed by atoms with Gasteiger partial charge in [-0.1, -0.05) is 30.3 Å². The van der Waals surface area contributed by atoms with E-state index in [0.29, 0.717) is 30.2 Å². The molecule has 1 aromatic carbocycles. The van der Waals surface area contributed by atoms with Crippen molar-refractivity contribution < 1.29 is 17.7 Å². The lowest BCUT2D eigenvalue weighted by molar-refractivity contribution is -0.121. The van der Waals surface area contributed by atoms with Gasteiger partial charge in [0, 0.05) is 19.4 Å². The van der Waals surface area contributed by atoms with Crippen LogP contribution in [-0.2, 0) is 27.7 Å². The maximum atomic E-state index is 12.4. The summed E-state index contributed by atoms with van der Waals surface area (Å²) in [5, 5.41) is 6.49. The number of rotatable bonds is 8. The number of para-hydroxylation sites is 1. The molecule has 1 aromatic heterocycles. The molecule has 1 amide bonds. The molecule has 0 fully saturated rings. The predicted molar refractivity (Wildman–Crippen MR) is 93.6 cm³/mol. The molecule has 0 saturated heterocycles. The molecule has 1 heterocycles. The van der Waals surface area contributed by atoms with Gasteiger partial charge in [0.15, 0.2) is 5.82 Å². The van der Waals surface area contributed by atoms with E-state index in [1.165, 1.54) is 0 Å². The quantitative estimate of drug-likeness (QED) is 0.751. The van der Waals surface area contributed by atoms with Gasteiger partial charge in [-0.05, 0) is 19.1 Å². The summed E-state index contributed by atoms with van der Waals surface area (Å²) in [6.07, 6.45) is 2.14. The number of amides is 1. The maximum absolute atomic E-state index is 12.4. The van der Waals surface area contributed by atoms with Crippen LogP contribution in [0, 0.1) is 0 Å². The van der Waals surface area contributed by atoms with Gasteiger partial charge in [0.25, 0.3) is 0 Å². The minimum absolute atomic E-state index is 0.279. The molecule has 0 aliphatic carbocycles. The zero-order valence-corrected chi connectivity index (χ0v) is 15.3. The first-order valence-electron chi connectivity index (χ1n) is 7.96. The normalized spacial score (nSPS) is 12.6. The third-order valence-corrected chi connectivity index (χ3v) is 4.81. The second-order valence-corrected chi connectivity index (χ2v) is 7.43. The number of hydrogen-bond donors (Lipinski definition) is 1. The van der Waals surface area contributed by atoms with Crippen LogP contribution in [0.5, 0.6) is 0 Å². The van der Waals surface area contributed by atoms with Crippen LogP contribution >= 0.6 is 0 Å². The Kier molecular flexibility index (Phi) is 6.13. The summed E-state index contributed by atoms with van der Waals surface area (Å²) >= 11 is 0. The first kappa shape index (κ1) is 18.9. The van der Waals surface area contributed by atoms with Crippen molar-refractivity contribution in [2.75, 3.05) is 17.1 Å². The first-order valence-corrected chi connectivity index (χ1v) is 9.81. The van der Waals surface area contributed by atoms with Crippen LogP contribution in [0.3, 0.4) is 0 Å². The molecule has 1 atom stereocenters. The Morgan fingerprint density at radius 3 is 2.56 bits per heavy atom. The molecule has 8 nitrogen and oxygen atoms in total. The number of aryl methyl sites for hydroxylation is 1. The number of hydrogen-bond acceptors (Lipinski definition) is 6. The molecular weight excluding hydrogens is 344 g/mol. The van der Waals surface area contributed by atoms with Crippen molar-refractivity contribution >= 4 is 21.6 Å². The molecule has 2 aromatic rings. The highest BCUT2D eigenvalue weighted by atomic mass is 32.2. The van der Waals surface area contributed by atoms with Crippen LogP contribution in [-0.4, -0.2) is 43.3 Å². The molecule has 1 N–H and O–H groups in total. The molecule has 0 saturated carbocycles. The van der Waals surface area contributed by atoms with Crippen molar-refractivity contribution in [1.29, 1.82) is 0 Å². The fourth-order valence-electron chi connectivity index (χ4n) is 2.36. The van der Waals surface area contributed by atoms with E-state index in [9.17, 15) is 13.2 Å². The van der Waals surface area contributed by atoms with Crippen molar-refractivity contribution in [2.45, 2.75) is 32.7 Å². The average molecular weight is 366 g/mol. The fraction of sp³-hybridized carbons (Fsp3) is 0.438. The summed E-state index contributed by atoms with van der Waals surface area (Å²) in [5.41, 5.74) is 0.442. The largest absolute Gasteiger partial charge is 0.354 e. The highest BCUT2D eigenvalue weighted by Gasteiger charge is 2.28. The molecule has 25 heavy (non-hydrogen) atoms. The Labute approximate surface area is 147 Å². The van der Waals surface area contributed by atoms with Crippen LogP contribution in [0.1, 0.15) is 25.6 Å². The minimum Gasteiger partial charge on any atom is -0.354 e. The van der Waals surface area contributed by atoms with Gasteiger partial charge in [-0.3, -0.25) is 9.10 Å². The second-order valence-electron chi connectivity index (χ2n) is 5.57. The molecule has 0 unspecified atom stereocenters. The molecule has 0 aliphatic heterocycles. The van der Waals surface area contributed by atoms with Crippen molar-refractivity contribution in [3.05, 3.63) is 42.0 Å². The number of carbonyl (C=O) groups excluding carboxylic acids is 1. The van der Waals surface area contributed by atoms with Crippen molar-refractivity contribution in [1.82, 2.24) is 15.5 Å². The number of nitrogens with zero attached hydrogens (tertiary/aromatic N) is 3. The molecule has 2 rings (SSSR count). The monoisotopic (exact) mass is 366 g/mol. The first-order chi connectivity index (χ1) is 11.8. The summed E-state index contributed by atoms with van der Waals surface area (Å²) in [4.78, 5) is 16.5. The Balaban J connectivity index is 2.01. The third-order valence-electron chi connectivity index (χ3n) is 3.56. The summed E-state index contributed by atoms with van der Waals surface area (Å²) < 4.78 is 30.4. The number of carbonyl (C=O) groups is 1. The fourth-order valence-corrected chi connectivity index (χ4v) is 3.53. The Morgan fingerprint density at radius 1 is 1.32 bits per heavy atom. The Bertz CT molecular complexity index is 805. The highest BCUT2D eigenvalue weighted by Crippen LogP contribution is 2.20. The van der Waals surface area contributed by atoms with Gasteiger partial charge in [0.1, 0.15) is 6.04 Å². The van der Waals surface area contributed by atoms with Gasteiger partial charge in [0.05, 0.1) is 11.9 Å². The van der Waals surface area contributed by atoms with Gasteiger partial charge in [0.2, 0.25) is 21.8 Å². The molecule has 0 spiro atoms. The van der Waals surface area contributed by atoms with Gasteiger partial charge >= 0.3 is 0 Å². The number of anilines is 1. The summed E-state index contributed by atoms with van der Waals surface area (Å²) in [5.74, 6) is 0.652. The minimum atomic E-state index is -3.61. The van der Waals surface area contributed by atoms with Gasteiger partial charge < -0.3 is 9.84 Å². The average Bonchev–Trinajstić information content (AvgIpc) is 3.02.